The van der Waals surface area contributed by atoms with Crippen molar-refractivity contribution in [2.24, 2.45) is 0 Å². The lowest BCUT2D eigenvalue weighted by Crippen LogP contribution is -2.42. The van der Waals surface area contributed by atoms with E-state index < -0.39 is 23.2 Å². The van der Waals surface area contributed by atoms with Gasteiger partial charge in [-0.3, -0.25) is 14.5 Å². The number of hydrogen-bond acceptors (Lipinski definition) is 6. The molecule has 1 aliphatic heterocycles. The van der Waals surface area contributed by atoms with Gasteiger partial charge in [0.25, 0.3) is 11.1 Å². The molecule has 1 saturated heterocycles. The molecule has 0 bridgehead atoms. The maximum atomic E-state index is 12.6. The number of esters is 1. The number of halogens is 1. The SMILES string of the molecule is COC(=O)[C@H](C)N1C(=O)S/C(=C/c2ccc(OCc3cccc(C)c3)c(Br)c2)C1=O. The van der Waals surface area contributed by atoms with E-state index in [1.54, 1.807) is 18.2 Å². The van der Waals surface area contributed by atoms with Crippen LogP contribution in [0.2, 0.25) is 0 Å². The first-order chi connectivity index (χ1) is 14.3. The van der Waals surface area contributed by atoms with E-state index in [9.17, 15) is 14.4 Å². The van der Waals surface area contributed by atoms with Crippen molar-refractivity contribution in [1.82, 2.24) is 4.90 Å². The fraction of sp³-hybridized carbons (Fsp3) is 0.227. The smallest absolute Gasteiger partial charge is 0.328 e. The van der Waals surface area contributed by atoms with E-state index >= 15 is 0 Å². The zero-order valence-corrected chi connectivity index (χ0v) is 19.1. The van der Waals surface area contributed by atoms with Crippen molar-refractivity contribution in [3.05, 3.63) is 68.5 Å². The predicted molar refractivity (Wildman–Crippen MR) is 119 cm³/mol. The molecule has 6 nitrogen and oxygen atoms in total. The van der Waals surface area contributed by atoms with Gasteiger partial charge in [-0.05, 0) is 70.9 Å². The standard InChI is InChI=1S/C22H20BrNO5S/c1-13-5-4-6-16(9-13)12-29-18-8-7-15(10-17(18)23)11-19-20(25)24(22(27)30-19)14(2)21(26)28-3/h4-11,14H,12H2,1-3H3/b19-11+/t14-/m0/s1. The van der Waals surface area contributed by atoms with Gasteiger partial charge in [0.05, 0.1) is 16.5 Å². The van der Waals surface area contributed by atoms with Crippen LogP contribution in [0.5, 0.6) is 5.75 Å². The maximum Gasteiger partial charge on any atom is 0.328 e. The van der Waals surface area contributed by atoms with Gasteiger partial charge in [0.1, 0.15) is 18.4 Å². The maximum absolute atomic E-state index is 12.6. The molecule has 0 spiro atoms. The number of nitrogens with zero attached hydrogens (tertiary/aromatic N) is 1. The average molecular weight is 490 g/mol. The molecular formula is C22H20BrNO5S. The van der Waals surface area contributed by atoms with E-state index in [1.807, 2.05) is 31.2 Å². The first-order valence-electron chi connectivity index (χ1n) is 9.13. The molecule has 0 N–H and O–H groups in total. The van der Waals surface area contributed by atoms with Crippen molar-refractivity contribution in [3.63, 3.8) is 0 Å². The van der Waals surface area contributed by atoms with Crippen LogP contribution in [0.25, 0.3) is 6.08 Å². The van der Waals surface area contributed by atoms with E-state index in [1.165, 1.54) is 19.6 Å². The van der Waals surface area contributed by atoms with Gasteiger partial charge in [-0.2, -0.15) is 0 Å². The molecule has 2 aromatic carbocycles. The minimum atomic E-state index is -0.975. The van der Waals surface area contributed by atoms with E-state index in [4.69, 9.17) is 4.74 Å². The Morgan fingerprint density at radius 3 is 2.67 bits per heavy atom. The van der Waals surface area contributed by atoms with Gasteiger partial charge in [0.15, 0.2) is 0 Å². The van der Waals surface area contributed by atoms with E-state index in [2.05, 4.69) is 26.7 Å². The molecule has 1 aliphatic rings. The Morgan fingerprint density at radius 1 is 1.23 bits per heavy atom. The molecule has 0 radical (unpaired) electrons. The highest BCUT2D eigenvalue weighted by Gasteiger charge is 2.41. The predicted octanol–water partition coefficient (Wildman–Crippen LogP) is 4.93. The third-order valence-corrected chi connectivity index (χ3v) is 5.99. The third kappa shape index (κ3) is 4.94. The number of thioether (sulfide) groups is 1. The second-order valence-corrected chi connectivity index (χ2v) is 8.57. The van der Waals surface area contributed by atoms with Crippen LogP contribution in [-0.4, -0.2) is 35.2 Å². The number of imide groups is 1. The van der Waals surface area contributed by atoms with Crippen LogP contribution < -0.4 is 4.74 Å². The lowest BCUT2D eigenvalue weighted by atomic mass is 10.1. The van der Waals surface area contributed by atoms with Crippen molar-refractivity contribution in [1.29, 1.82) is 0 Å². The van der Waals surface area contributed by atoms with Crippen molar-refractivity contribution in [2.75, 3.05) is 7.11 Å². The van der Waals surface area contributed by atoms with Crippen LogP contribution in [0.3, 0.4) is 0 Å². The average Bonchev–Trinajstić information content (AvgIpc) is 2.99. The Balaban J connectivity index is 1.73. The van der Waals surface area contributed by atoms with E-state index in [-0.39, 0.29) is 4.91 Å². The minimum absolute atomic E-state index is 0.246. The summed E-state index contributed by atoms with van der Waals surface area (Å²) in [4.78, 5) is 37.7. The number of hydrogen-bond donors (Lipinski definition) is 0. The normalized spacial score (nSPS) is 16.1. The molecule has 0 aromatic heterocycles. The van der Waals surface area contributed by atoms with Gasteiger partial charge in [-0.25, -0.2) is 4.79 Å². The molecule has 0 unspecified atom stereocenters. The highest BCUT2D eigenvalue weighted by Crippen LogP contribution is 2.35. The topological polar surface area (TPSA) is 72.9 Å². The van der Waals surface area contributed by atoms with Crippen LogP contribution in [0.1, 0.15) is 23.6 Å². The first-order valence-corrected chi connectivity index (χ1v) is 10.7. The second-order valence-electron chi connectivity index (χ2n) is 6.72. The van der Waals surface area contributed by atoms with E-state index in [0.717, 1.165) is 32.3 Å². The number of benzene rings is 2. The number of methoxy groups -OCH3 is 1. The molecular weight excluding hydrogens is 470 g/mol. The van der Waals surface area contributed by atoms with Gasteiger partial charge < -0.3 is 9.47 Å². The van der Waals surface area contributed by atoms with E-state index in [0.29, 0.717) is 12.4 Å². The number of carbonyl (C=O) groups excluding carboxylic acids is 3. The molecule has 8 heteroatoms. The van der Waals surface area contributed by atoms with Crippen molar-refractivity contribution in [3.8, 4) is 5.75 Å². The summed E-state index contributed by atoms with van der Waals surface area (Å²) in [5, 5.41) is -0.499. The minimum Gasteiger partial charge on any atom is -0.488 e. The fourth-order valence-corrected chi connectivity index (χ4v) is 4.35. The summed E-state index contributed by atoms with van der Waals surface area (Å²) in [6, 6.07) is 12.5. The van der Waals surface area contributed by atoms with Crippen LogP contribution in [0, 0.1) is 6.92 Å². The monoisotopic (exact) mass is 489 g/mol. The summed E-state index contributed by atoms with van der Waals surface area (Å²) in [5.74, 6) is -0.490. The summed E-state index contributed by atoms with van der Waals surface area (Å²) in [6.07, 6.45) is 1.62. The van der Waals surface area contributed by atoms with Crippen molar-refractivity contribution >= 4 is 50.9 Å². The van der Waals surface area contributed by atoms with Gasteiger partial charge >= 0.3 is 5.97 Å². The summed E-state index contributed by atoms with van der Waals surface area (Å²) in [7, 11) is 1.22. The summed E-state index contributed by atoms with van der Waals surface area (Å²) >= 11 is 4.29. The van der Waals surface area contributed by atoms with Crippen LogP contribution in [-0.2, 0) is 20.9 Å². The highest BCUT2D eigenvalue weighted by molar-refractivity contribution is 9.10. The summed E-state index contributed by atoms with van der Waals surface area (Å²) in [5.41, 5.74) is 2.96. The molecule has 0 aliphatic carbocycles. The lowest BCUT2D eigenvalue weighted by Gasteiger charge is -2.18. The third-order valence-electron chi connectivity index (χ3n) is 4.48. The number of aryl methyl sites for hydroxylation is 1. The molecule has 2 aromatic rings. The van der Waals surface area contributed by atoms with Crippen LogP contribution >= 0.6 is 27.7 Å². The van der Waals surface area contributed by atoms with Gasteiger partial charge in [-0.15, -0.1) is 0 Å². The Hall–Kier alpha value is -2.58. The Morgan fingerprint density at radius 2 is 2.00 bits per heavy atom. The molecule has 1 heterocycles. The number of carbonyl (C=O) groups is 3. The molecule has 3 rings (SSSR count). The largest absolute Gasteiger partial charge is 0.488 e. The summed E-state index contributed by atoms with van der Waals surface area (Å²) < 4.78 is 11.2. The highest BCUT2D eigenvalue weighted by atomic mass is 79.9. The number of ether oxygens (including phenoxy) is 2. The molecule has 1 fully saturated rings. The molecule has 156 valence electrons. The van der Waals surface area contributed by atoms with Gasteiger partial charge in [0, 0.05) is 0 Å². The zero-order valence-electron chi connectivity index (χ0n) is 16.7. The quantitative estimate of drug-likeness (QED) is 0.422. The lowest BCUT2D eigenvalue weighted by molar-refractivity contribution is -0.148. The van der Waals surface area contributed by atoms with Crippen LogP contribution in [0.15, 0.2) is 51.8 Å². The molecule has 0 saturated carbocycles. The fourth-order valence-electron chi connectivity index (χ4n) is 2.93. The number of rotatable bonds is 6. The van der Waals surface area contributed by atoms with Crippen molar-refractivity contribution < 1.29 is 23.9 Å². The second kappa shape index (κ2) is 9.49. The molecule has 1 atom stereocenters. The number of amides is 2. The Labute approximate surface area is 187 Å². The Kier molecular flexibility index (Phi) is 6.99. The van der Waals surface area contributed by atoms with Crippen LogP contribution in [0.4, 0.5) is 4.79 Å². The first kappa shape index (κ1) is 22.1. The zero-order chi connectivity index (χ0) is 21.8. The van der Waals surface area contributed by atoms with Gasteiger partial charge in [-0.1, -0.05) is 35.9 Å². The van der Waals surface area contributed by atoms with Crippen molar-refractivity contribution in [2.45, 2.75) is 26.5 Å². The molecule has 30 heavy (non-hydrogen) atoms. The summed E-state index contributed by atoms with van der Waals surface area (Å²) in [6.45, 7) is 3.92. The molecule has 2 amide bonds. The Bertz CT molecular complexity index is 1040. The van der Waals surface area contributed by atoms with Gasteiger partial charge in [0.2, 0.25) is 0 Å².